The summed E-state index contributed by atoms with van der Waals surface area (Å²) in [6, 6.07) is 7.51. The molecular formula is C14H22N2O. The third-order valence-corrected chi connectivity index (χ3v) is 2.94. The Kier molecular flexibility index (Phi) is 4.29. The minimum atomic E-state index is -0.375. The van der Waals surface area contributed by atoms with Crippen LogP contribution in [0.15, 0.2) is 24.3 Å². The maximum atomic E-state index is 11.0. The molecule has 17 heavy (non-hydrogen) atoms. The number of primary amides is 1. The van der Waals surface area contributed by atoms with Gasteiger partial charge in [-0.1, -0.05) is 19.1 Å². The Morgan fingerprint density at radius 1 is 1.24 bits per heavy atom. The van der Waals surface area contributed by atoms with Gasteiger partial charge in [-0.3, -0.25) is 9.69 Å². The van der Waals surface area contributed by atoms with Crippen LogP contribution in [0.5, 0.6) is 0 Å². The van der Waals surface area contributed by atoms with Gasteiger partial charge in [-0.15, -0.1) is 0 Å². The summed E-state index contributed by atoms with van der Waals surface area (Å²) in [4.78, 5) is 13.3. The fourth-order valence-corrected chi connectivity index (χ4v) is 1.82. The minimum absolute atomic E-state index is 0.150. The molecule has 1 aromatic carbocycles. The van der Waals surface area contributed by atoms with Gasteiger partial charge in [-0.2, -0.15) is 0 Å². The first kappa shape index (κ1) is 13.7. The van der Waals surface area contributed by atoms with Crippen molar-refractivity contribution in [1.29, 1.82) is 0 Å². The monoisotopic (exact) mass is 234 g/mol. The van der Waals surface area contributed by atoms with Crippen molar-refractivity contribution in [3.63, 3.8) is 0 Å². The summed E-state index contributed by atoms with van der Waals surface area (Å²) in [6.07, 6.45) is 0. The van der Waals surface area contributed by atoms with Crippen molar-refractivity contribution < 1.29 is 4.79 Å². The molecule has 0 saturated carbocycles. The first-order valence-corrected chi connectivity index (χ1v) is 5.98. The van der Waals surface area contributed by atoms with Crippen LogP contribution in [0, 0.1) is 0 Å². The third-order valence-electron chi connectivity index (χ3n) is 2.94. The minimum Gasteiger partial charge on any atom is -0.366 e. The standard InChI is InChI=1S/C14H22N2O/c1-5-16(14(2,3)4)10-11-6-8-12(9-7-11)13(15)17/h6-9H,5,10H2,1-4H3,(H2,15,17). The Balaban J connectivity index is 2.78. The van der Waals surface area contributed by atoms with Crippen LogP contribution in [0.1, 0.15) is 43.6 Å². The van der Waals surface area contributed by atoms with E-state index < -0.39 is 0 Å². The van der Waals surface area contributed by atoms with Gasteiger partial charge in [0.1, 0.15) is 0 Å². The average molecular weight is 234 g/mol. The van der Waals surface area contributed by atoms with Crippen molar-refractivity contribution in [2.24, 2.45) is 5.73 Å². The highest BCUT2D eigenvalue weighted by molar-refractivity contribution is 5.92. The van der Waals surface area contributed by atoms with E-state index in [2.05, 4.69) is 32.6 Å². The van der Waals surface area contributed by atoms with Crippen LogP contribution in [-0.2, 0) is 6.54 Å². The van der Waals surface area contributed by atoms with Gasteiger partial charge in [0.2, 0.25) is 5.91 Å². The van der Waals surface area contributed by atoms with Gasteiger partial charge in [0.15, 0.2) is 0 Å². The number of nitrogens with two attached hydrogens (primary N) is 1. The van der Waals surface area contributed by atoms with E-state index in [0.29, 0.717) is 5.56 Å². The molecule has 1 aromatic rings. The lowest BCUT2D eigenvalue weighted by atomic mass is 10.0. The smallest absolute Gasteiger partial charge is 0.248 e. The highest BCUT2D eigenvalue weighted by Gasteiger charge is 2.19. The van der Waals surface area contributed by atoms with Crippen molar-refractivity contribution in [2.75, 3.05) is 6.54 Å². The number of amides is 1. The normalized spacial score (nSPS) is 11.8. The first-order valence-electron chi connectivity index (χ1n) is 5.98. The van der Waals surface area contributed by atoms with Crippen LogP contribution in [0.25, 0.3) is 0 Å². The van der Waals surface area contributed by atoms with E-state index in [0.717, 1.165) is 13.1 Å². The van der Waals surface area contributed by atoms with Crippen LogP contribution < -0.4 is 5.73 Å². The molecule has 1 amide bonds. The summed E-state index contributed by atoms with van der Waals surface area (Å²) in [6.45, 7) is 10.7. The second-order valence-corrected chi connectivity index (χ2v) is 5.25. The number of hydrogen-bond donors (Lipinski definition) is 1. The molecule has 0 radical (unpaired) electrons. The zero-order chi connectivity index (χ0) is 13.1. The van der Waals surface area contributed by atoms with Gasteiger partial charge in [0.05, 0.1) is 0 Å². The number of rotatable bonds is 4. The van der Waals surface area contributed by atoms with Crippen molar-refractivity contribution in [3.8, 4) is 0 Å². The molecule has 0 unspecified atom stereocenters. The molecule has 0 atom stereocenters. The van der Waals surface area contributed by atoms with E-state index in [9.17, 15) is 4.79 Å². The van der Waals surface area contributed by atoms with E-state index in [1.165, 1.54) is 5.56 Å². The van der Waals surface area contributed by atoms with E-state index in [4.69, 9.17) is 5.73 Å². The van der Waals surface area contributed by atoms with Gasteiger partial charge < -0.3 is 5.73 Å². The van der Waals surface area contributed by atoms with Gasteiger partial charge in [-0.05, 0) is 45.0 Å². The van der Waals surface area contributed by atoms with Gasteiger partial charge in [0, 0.05) is 17.6 Å². The Hall–Kier alpha value is -1.35. The molecule has 0 aliphatic heterocycles. The molecule has 0 aromatic heterocycles. The molecule has 0 bridgehead atoms. The highest BCUT2D eigenvalue weighted by atomic mass is 16.1. The van der Waals surface area contributed by atoms with Crippen LogP contribution in [0.2, 0.25) is 0 Å². The zero-order valence-corrected chi connectivity index (χ0v) is 11.2. The third kappa shape index (κ3) is 3.86. The lowest BCUT2D eigenvalue weighted by Crippen LogP contribution is -2.40. The fourth-order valence-electron chi connectivity index (χ4n) is 1.82. The summed E-state index contributed by atoms with van der Waals surface area (Å²) in [5.74, 6) is -0.375. The van der Waals surface area contributed by atoms with E-state index in [1.807, 2.05) is 12.1 Å². The van der Waals surface area contributed by atoms with E-state index in [-0.39, 0.29) is 11.4 Å². The van der Waals surface area contributed by atoms with Gasteiger partial charge in [0.25, 0.3) is 0 Å². The lowest BCUT2D eigenvalue weighted by molar-refractivity contribution is 0.1000. The molecule has 1 rings (SSSR count). The number of benzene rings is 1. The second kappa shape index (κ2) is 5.32. The highest BCUT2D eigenvalue weighted by Crippen LogP contribution is 2.17. The topological polar surface area (TPSA) is 46.3 Å². The Morgan fingerprint density at radius 2 is 1.76 bits per heavy atom. The fraction of sp³-hybridized carbons (Fsp3) is 0.500. The maximum absolute atomic E-state index is 11.0. The number of carbonyl (C=O) groups excluding carboxylic acids is 1. The summed E-state index contributed by atoms with van der Waals surface area (Å²) < 4.78 is 0. The predicted molar refractivity (Wildman–Crippen MR) is 70.8 cm³/mol. The SMILES string of the molecule is CCN(Cc1ccc(C(N)=O)cc1)C(C)(C)C. The molecular weight excluding hydrogens is 212 g/mol. The Bertz CT molecular complexity index is 376. The molecule has 0 fully saturated rings. The van der Waals surface area contributed by atoms with Crippen LogP contribution >= 0.6 is 0 Å². The summed E-state index contributed by atoms with van der Waals surface area (Å²) in [5.41, 5.74) is 7.12. The van der Waals surface area contributed by atoms with Crippen molar-refractivity contribution in [1.82, 2.24) is 4.90 Å². The van der Waals surface area contributed by atoms with Crippen molar-refractivity contribution >= 4 is 5.91 Å². The number of nitrogens with zero attached hydrogens (tertiary/aromatic N) is 1. The molecule has 94 valence electrons. The number of carbonyl (C=O) groups is 1. The summed E-state index contributed by atoms with van der Waals surface area (Å²) in [7, 11) is 0. The molecule has 2 N–H and O–H groups in total. The molecule has 0 spiro atoms. The second-order valence-electron chi connectivity index (χ2n) is 5.25. The van der Waals surface area contributed by atoms with Crippen LogP contribution in [0.3, 0.4) is 0 Å². The zero-order valence-electron chi connectivity index (χ0n) is 11.2. The largest absolute Gasteiger partial charge is 0.366 e. The summed E-state index contributed by atoms with van der Waals surface area (Å²) in [5, 5.41) is 0. The molecule has 0 heterocycles. The van der Waals surface area contributed by atoms with Crippen molar-refractivity contribution in [2.45, 2.75) is 39.8 Å². The maximum Gasteiger partial charge on any atom is 0.248 e. The van der Waals surface area contributed by atoms with E-state index >= 15 is 0 Å². The predicted octanol–water partition coefficient (Wildman–Crippen LogP) is 2.41. The van der Waals surface area contributed by atoms with Crippen LogP contribution in [0.4, 0.5) is 0 Å². The molecule has 0 saturated heterocycles. The van der Waals surface area contributed by atoms with Gasteiger partial charge in [-0.25, -0.2) is 0 Å². The Morgan fingerprint density at radius 3 is 2.12 bits per heavy atom. The average Bonchev–Trinajstić information content (AvgIpc) is 2.24. The number of hydrogen-bond acceptors (Lipinski definition) is 2. The first-order chi connectivity index (χ1) is 7.84. The van der Waals surface area contributed by atoms with Gasteiger partial charge >= 0.3 is 0 Å². The van der Waals surface area contributed by atoms with E-state index in [1.54, 1.807) is 12.1 Å². The molecule has 0 aliphatic rings. The molecule has 0 aliphatic carbocycles. The quantitative estimate of drug-likeness (QED) is 0.869. The molecule has 3 heteroatoms. The lowest BCUT2D eigenvalue weighted by Gasteiger charge is -2.34. The molecule has 3 nitrogen and oxygen atoms in total. The Labute approximate surface area is 104 Å². The van der Waals surface area contributed by atoms with Crippen molar-refractivity contribution in [3.05, 3.63) is 35.4 Å². The van der Waals surface area contributed by atoms with Crippen LogP contribution in [-0.4, -0.2) is 22.9 Å². The summed E-state index contributed by atoms with van der Waals surface area (Å²) >= 11 is 0.